The van der Waals surface area contributed by atoms with Gasteiger partial charge in [-0.2, -0.15) is 0 Å². The number of aryl methyl sites for hydroxylation is 1. The summed E-state index contributed by atoms with van der Waals surface area (Å²) < 4.78 is 0. The minimum Gasteiger partial charge on any atom is -0.330 e. The van der Waals surface area contributed by atoms with Gasteiger partial charge in [0.05, 0.1) is 0 Å². The Labute approximate surface area is 139 Å². The lowest BCUT2D eigenvalue weighted by molar-refractivity contribution is -0.118. The van der Waals surface area contributed by atoms with Crippen molar-refractivity contribution in [1.82, 2.24) is 4.90 Å². The molecule has 3 rings (SSSR count). The molecule has 0 aliphatic carbocycles. The Morgan fingerprint density at radius 1 is 1.32 bits per heavy atom. The number of carbonyl (C=O) groups is 1. The lowest BCUT2D eigenvalue weighted by atomic mass is 9.90. The van der Waals surface area contributed by atoms with Gasteiger partial charge in [-0.05, 0) is 48.5 Å². The van der Waals surface area contributed by atoms with Crippen LogP contribution in [0.3, 0.4) is 0 Å². The van der Waals surface area contributed by atoms with Crippen LogP contribution in [0, 0.1) is 5.41 Å². The van der Waals surface area contributed by atoms with Gasteiger partial charge in [-0.15, -0.1) is 12.4 Å². The number of anilines is 1. The van der Waals surface area contributed by atoms with Crippen molar-refractivity contribution in [3.63, 3.8) is 0 Å². The van der Waals surface area contributed by atoms with Crippen molar-refractivity contribution in [3.05, 3.63) is 29.3 Å². The van der Waals surface area contributed by atoms with Gasteiger partial charge < -0.3 is 10.6 Å². The molecule has 1 aromatic carbocycles. The van der Waals surface area contributed by atoms with Crippen molar-refractivity contribution in [2.75, 3.05) is 31.6 Å². The van der Waals surface area contributed by atoms with Gasteiger partial charge in [0.15, 0.2) is 0 Å². The van der Waals surface area contributed by atoms with Crippen molar-refractivity contribution in [2.24, 2.45) is 11.1 Å². The number of likely N-dealkylation sites (tertiary alicyclic amines) is 1. The fourth-order valence-electron chi connectivity index (χ4n) is 3.49. The van der Waals surface area contributed by atoms with Gasteiger partial charge in [-0.25, -0.2) is 0 Å². The highest BCUT2D eigenvalue weighted by atomic mass is 35.5. The first-order chi connectivity index (χ1) is 10.0. The maximum absolute atomic E-state index is 11.7. The number of benzene rings is 1. The molecule has 0 bridgehead atoms. The molecule has 1 atom stereocenters. The van der Waals surface area contributed by atoms with Crippen LogP contribution in [0.2, 0.25) is 0 Å². The Morgan fingerprint density at radius 2 is 2.09 bits per heavy atom. The second kappa shape index (κ2) is 6.57. The highest BCUT2D eigenvalue weighted by Crippen LogP contribution is 2.31. The normalized spacial score (nSPS) is 25.0. The summed E-state index contributed by atoms with van der Waals surface area (Å²) in [7, 11) is 1.87. The summed E-state index contributed by atoms with van der Waals surface area (Å²) >= 11 is 0. The van der Waals surface area contributed by atoms with Crippen LogP contribution in [0.4, 0.5) is 5.69 Å². The number of rotatable bonds is 3. The molecule has 5 heteroatoms. The molecule has 2 N–H and O–H groups in total. The van der Waals surface area contributed by atoms with Crippen molar-refractivity contribution in [2.45, 2.75) is 32.7 Å². The molecule has 22 heavy (non-hydrogen) atoms. The van der Waals surface area contributed by atoms with Crippen LogP contribution in [-0.2, 0) is 17.8 Å². The number of hydrogen-bond acceptors (Lipinski definition) is 3. The maximum Gasteiger partial charge on any atom is 0.227 e. The molecule has 122 valence electrons. The lowest BCUT2D eigenvalue weighted by Gasteiger charge is -2.27. The predicted molar refractivity (Wildman–Crippen MR) is 92.5 cm³/mol. The van der Waals surface area contributed by atoms with Crippen LogP contribution in [0.1, 0.15) is 30.9 Å². The first-order valence-corrected chi connectivity index (χ1v) is 7.81. The SMILES string of the molecule is CN1C(=O)CCc2cc(CN3CCC(C)(CN)C3)ccc21.Cl. The zero-order valence-electron chi connectivity index (χ0n) is 13.5. The van der Waals surface area contributed by atoms with Gasteiger partial charge in [0.2, 0.25) is 5.91 Å². The van der Waals surface area contributed by atoms with Crippen molar-refractivity contribution in [3.8, 4) is 0 Å². The molecule has 2 aliphatic heterocycles. The Kier molecular flexibility index (Phi) is 5.15. The van der Waals surface area contributed by atoms with Gasteiger partial charge in [0.25, 0.3) is 0 Å². The molecule has 1 fully saturated rings. The van der Waals surface area contributed by atoms with Gasteiger partial charge >= 0.3 is 0 Å². The second-order valence-electron chi connectivity index (χ2n) is 6.89. The van der Waals surface area contributed by atoms with Crippen molar-refractivity contribution < 1.29 is 4.79 Å². The second-order valence-corrected chi connectivity index (χ2v) is 6.89. The third kappa shape index (κ3) is 3.29. The summed E-state index contributed by atoms with van der Waals surface area (Å²) in [5.41, 5.74) is 9.88. The fourth-order valence-corrected chi connectivity index (χ4v) is 3.49. The topological polar surface area (TPSA) is 49.6 Å². The lowest BCUT2D eigenvalue weighted by Crippen LogP contribution is -2.32. The van der Waals surface area contributed by atoms with E-state index in [1.807, 2.05) is 7.05 Å². The summed E-state index contributed by atoms with van der Waals surface area (Å²) in [4.78, 5) is 16.0. The molecule has 1 amide bonds. The molecular formula is C17H26ClN3O. The average Bonchev–Trinajstić information content (AvgIpc) is 2.85. The number of halogens is 1. The van der Waals surface area contributed by atoms with E-state index in [2.05, 4.69) is 30.0 Å². The monoisotopic (exact) mass is 323 g/mol. The summed E-state index contributed by atoms with van der Waals surface area (Å²) in [6, 6.07) is 6.53. The predicted octanol–water partition coefficient (Wildman–Crippen LogP) is 2.19. The van der Waals surface area contributed by atoms with Gasteiger partial charge in [0, 0.05) is 32.2 Å². The summed E-state index contributed by atoms with van der Waals surface area (Å²) in [6.45, 7) is 6.24. The molecule has 0 aromatic heterocycles. The van der Waals surface area contributed by atoms with Gasteiger partial charge in [0.1, 0.15) is 0 Å². The van der Waals surface area contributed by atoms with E-state index >= 15 is 0 Å². The standard InChI is InChI=1S/C17H25N3O.ClH/c1-17(11-18)7-8-20(12-17)10-13-3-5-15-14(9-13)4-6-16(21)19(15)2;/h3,5,9H,4,6-8,10-12,18H2,1-2H3;1H. The van der Waals surface area contributed by atoms with Crippen molar-refractivity contribution >= 4 is 24.0 Å². The third-order valence-electron chi connectivity index (χ3n) is 5.02. The molecule has 2 heterocycles. The number of hydrogen-bond donors (Lipinski definition) is 1. The number of nitrogens with zero attached hydrogens (tertiary/aromatic N) is 2. The molecular weight excluding hydrogens is 298 g/mol. The first-order valence-electron chi connectivity index (χ1n) is 7.81. The van der Waals surface area contributed by atoms with Crippen LogP contribution < -0.4 is 10.6 Å². The van der Waals surface area contributed by atoms with Crippen LogP contribution >= 0.6 is 12.4 Å². The van der Waals surface area contributed by atoms with Gasteiger partial charge in [-0.3, -0.25) is 9.69 Å². The third-order valence-corrected chi connectivity index (χ3v) is 5.02. The Hall–Kier alpha value is -1.10. The fraction of sp³-hybridized carbons (Fsp3) is 0.588. The van der Waals surface area contributed by atoms with Crippen molar-refractivity contribution in [1.29, 1.82) is 0 Å². The number of carbonyl (C=O) groups excluding carboxylic acids is 1. The van der Waals surface area contributed by atoms with E-state index < -0.39 is 0 Å². The number of fused-ring (bicyclic) bond motifs is 1. The van der Waals surface area contributed by atoms with Crippen LogP contribution in [0.25, 0.3) is 0 Å². The molecule has 4 nitrogen and oxygen atoms in total. The molecule has 1 unspecified atom stereocenters. The zero-order valence-corrected chi connectivity index (χ0v) is 14.3. The highest BCUT2D eigenvalue weighted by Gasteiger charge is 2.32. The molecule has 1 aromatic rings. The quantitative estimate of drug-likeness (QED) is 0.927. The molecule has 2 aliphatic rings. The smallest absolute Gasteiger partial charge is 0.227 e. The zero-order chi connectivity index (χ0) is 15.0. The maximum atomic E-state index is 11.7. The van der Waals surface area contributed by atoms with E-state index in [-0.39, 0.29) is 23.7 Å². The highest BCUT2D eigenvalue weighted by molar-refractivity contribution is 5.95. The van der Waals surface area contributed by atoms with E-state index in [1.54, 1.807) is 4.90 Å². The Balaban J connectivity index is 0.00000176. The number of amides is 1. The van der Waals surface area contributed by atoms with Crippen LogP contribution in [0.15, 0.2) is 18.2 Å². The molecule has 0 saturated carbocycles. The van der Waals surface area contributed by atoms with E-state index in [4.69, 9.17) is 5.73 Å². The molecule has 1 saturated heterocycles. The Morgan fingerprint density at radius 3 is 2.77 bits per heavy atom. The van der Waals surface area contributed by atoms with E-state index in [0.29, 0.717) is 6.42 Å². The number of nitrogens with two attached hydrogens (primary N) is 1. The van der Waals surface area contributed by atoms with Crippen LogP contribution in [0.5, 0.6) is 0 Å². The summed E-state index contributed by atoms with van der Waals surface area (Å²) in [5, 5.41) is 0. The average molecular weight is 324 g/mol. The minimum atomic E-state index is 0. The first kappa shape index (κ1) is 17.3. The Bertz CT molecular complexity index is 563. The molecule has 0 spiro atoms. The van der Waals surface area contributed by atoms with Gasteiger partial charge in [-0.1, -0.05) is 19.1 Å². The summed E-state index contributed by atoms with van der Waals surface area (Å²) in [6.07, 6.45) is 2.68. The van der Waals surface area contributed by atoms with Crippen LogP contribution in [-0.4, -0.2) is 37.5 Å². The van der Waals surface area contributed by atoms with E-state index in [9.17, 15) is 4.79 Å². The summed E-state index contributed by atoms with van der Waals surface area (Å²) in [5.74, 6) is 0.216. The largest absolute Gasteiger partial charge is 0.330 e. The van der Waals surface area contributed by atoms with E-state index in [0.717, 1.165) is 38.3 Å². The van der Waals surface area contributed by atoms with E-state index in [1.165, 1.54) is 17.5 Å². The molecule has 0 radical (unpaired) electrons. The minimum absolute atomic E-state index is 0.